The molecule has 0 aliphatic heterocycles. The molecule has 4 rings (SSSR count). The molecule has 0 atom stereocenters. The van der Waals surface area contributed by atoms with Gasteiger partial charge in [-0.25, -0.2) is 0 Å². The van der Waals surface area contributed by atoms with Crippen molar-refractivity contribution in [2.75, 3.05) is 0 Å². The van der Waals surface area contributed by atoms with Crippen LogP contribution in [0, 0.1) is 11.3 Å². The van der Waals surface area contributed by atoms with Gasteiger partial charge < -0.3 is 4.98 Å². The maximum Gasteiger partial charge on any atom is 0.360 e. The van der Waals surface area contributed by atoms with Gasteiger partial charge in [0.25, 0.3) is 0 Å². The standard InChI is InChI=1S/C24H16ClN5O/c25-21-8-9-23-22(12-21)20(14-27-23)15-28-30-29-24(31)19-6-4-16(5-7-19)10-17-2-1-3-18(11-17)13-26/h1-9,11-12,14H,10,15H2/p+1. The van der Waals surface area contributed by atoms with Gasteiger partial charge >= 0.3 is 5.91 Å². The van der Waals surface area contributed by atoms with Crippen LogP contribution in [0.5, 0.6) is 0 Å². The van der Waals surface area contributed by atoms with Crippen molar-refractivity contribution < 1.29 is 4.79 Å². The zero-order valence-electron chi connectivity index (χ0n) is 16.4. The number of rotatable bonds is 5. The first-order valence-electron chi connectivity index (χ1n) is 9.58. The summed E-state index contributed by atoms with van der Waals surface area (Å²) in [7, 11) is 0. The van der Waals surface area contributed by atoms with Crippen molar-refractivity contribution in [2.24, 2.45) is 10.2 Å². The lowest BCUT2D eigenvalue weighted by atomic mass is 10.0. The summed E-state index contributed by atoms with van der Waals surface area (Å²) in [6, 6.07) is 22.3. The van der Waals surface area contributed by atoms with Crippen LogP contribution in [0.3, 0.4) is 0 Å². The molecule has 1 N–H and O–H groups in total. The molecular formula is C24H17ClN5O+. The number of amides is 1. The number of hydrogen-bond acceptors (Lipinski definition) is 3. The summed E-state index contributed by atoms with van der Waals surface area (Å²) in [6.07, 6.45) is 2.52. The van der Waals surface area contributed by atoms with Gasteiger partial charge in [0.1, 0.15) is 5.11 Å². The first-order chi connectivity index (χ1) is 15.1. The van der Waals surface area contributed by atoms with Gasteiger partial charge in [-0.1, -0.05) is 35.9 Å². The number of carbonyl (C=O) groups is 1. The van der Waals surface area contributed by atoms with Crippen LogP contribution in [-0.4, -0.2) is 10.9 Å². The fourth-order valence-electron chi connectivity index (χ4n) is 3.27. The number of nitrogens with one attached hydrogen (secondary N) is 1. The molecule has 0 aliphatic carbocycles. The molecule has 1 aromatic heterocycles. The third kappa shape index (κ3) is 4.93. The van der Waals surface area contributed by atoms with Crippen molar-refractivity contribution in [1.82, 2.24) is 9.90 Å². The fourth-order valence-corrected chi connectivity index (χ4v) is 3.44. The first-order valence-corrected chi connectivity index (χ1v) is 9.95. The van der Waals surface area contributed by atoms with E-state index in [0.29, 0.717) is 22.6 Å². The molecule has 0 aliphatic rings. The normalized spacial score (nSPS) is 10.3. The molecule has 1 amide bonds. The average molecular weight is 427 g/mol. The van der Waals surface area contributed by atoms with Crippen molar-refractivity contribution in [3.63, 3.8) is 0 Å². The van der Waals surface area contributed by atoms with Crippen LogP contribution < -0.4 is 4.91 Å². The van der Waals surface area contributed by atoms with Crippen LogP contribution in [0.2, 0.25) is 5.02 Å². The smallest absolute Gasteiger partial charge is 0.360 e. The van der Waals surface area contributed by atoms with Gasteiger partial charge in [0.15, 0.2) is 6.54 Å². The van der Waals surface area contributed by atoms with E-state index in [1.165, 1.54) is 0 Å². The fraction of sp³-hybridized carbons (Fsp3) is 0.0833. The highest BCUT2D eigenvalue weighted by molar-refractivity contribution is 6.31. The van der Waals surface area contributed by atoms with Gasteiger partial charge in [-0.3, -0.25) is 4.79 Å². The number of H-pyrrole nitrogens is 1. The van der Waals surface area contributed by atoms with Crippen molar-refractivity contribution in [3.8, 4) is 6.07 Å². The number of nitriles is 1. The molecule has 7 heteroatoms. The van der Waals surface area contributed by atoms with Gasteiger partial charge in [-0.05, 0) is 60.0 Å². The minimum atomic E-state index is -0.455. The largest absolute Gasteiger partial charge is 0.361 e. The monoisotopic (exact) mass is 426 g/mol. The highest BCUT2D eigenvalue weighted by Crippen LogP contribution is 2.22. The number of aromatic nitrogens is 1. The Morgan fingerprint density at radius 1 is 1.06 bits per heavy atom. The Morgan fingerprint density at radius 3 is 2.71 bits per heavy atom. The number of hydrogen-bond donors (Lipinski definition) is 1. The van der Waals surface area contributed by atoms with Crippen LogP contribution in [0.25, 0.3) is 10.9 Å². The quantitative estimate of drug-likeness (QED) is 0.332. The van der Waals surface area contributed by atoms with E-state index in [-0.39, 0.29) is 6.54 Å². The van der Waals surface area contributed by atoms with E-state index < -0.39 is 5.91 Å². The predicted octanol–water partition coefficient (Wildman–Crippen LogP) is 5.60. The highest BCUT2D eigenvalue weighted by atomic mass is 35.5. The molecule has 31 heavy (non-hydrogen) atoms. The molecule has 0 spiro atoms. The number of nitrogens with zero attached hydrogens (tertiary/aromatic N) is 4. The highest BCUT2D eigenvalue weighted by Gasteiger charge is 2.10. The number of halogens is 1. The Balaban J connectivity index is 1.40. The zero-order chi connectivity index (χ0) is 21.6. The molecule has 0 unspecified atom stereocenters. The lowest BCUT2D eigenvalue weighted by Gasteiger charge is -2.02. The topological polar surface area (TPSA) is 95.5 Å². The van der Waals surface area contributed by atoms with Gasteiger partial charge in [-0.2, -0.15) is 5.26 Å². The van der Waals surface area contributed by atoms with Crippen LogP contribution in [0.15, 0.2) is 83.2 Å². The van der Waals surface area contributed by atoms with E-state index in [9.17, 15) is 4.79 Å². The Kier molecular flexibility index (Phi) is 6.00. The molecule has 6 nitrogen and oxygen atoms in total. The lowest BCUT2D eigenvalue weighted by molar-refractivity contribution is 0.0992. The molecule has 4 aromatic rings. The summed E-state index contributed by atoms with van der Waals surface area (Å²) in [4.78, 5) is 19.1. The number of fused-ring (bicyclic) bond motifs is 1. The Bertz CT molecular complexity index is 1360. The van der Waals surface area contributed by atoms with Crippen molar-refractivity contribution >= 4 is 28.4 Å². The lowest BCUT2D eigenvalue weighted by Crippen LogP contribution is -1.96. The second-order valence-electron chi connectivity index (χ2n) is 6.98. The maximum absolute atomic E-state index is 12.2. The molecule has 0 saturated carbocycles. The summed E-state index contributed by atoms with van der Waals surface area (Å²) in [5.74, 6) is -0.455. The van der Waals surface area contributed by atoms with E-state index in [1.54, 1.807) is 18.2 Å². The Hall–Kier alpha value is -4.04. The predicted molar refractivity (Wildman–Crippen MR) is 119 cm³/mol. The summed E-state index contributed by atoms with van der Waals surface area (Å²) in [6.45, 7) is 0.290. The molecule has 1 heterocycles. The van der Waals surface area contributed by atoms with Gasteiger partial charge in [-0.15, -0.1) is 0 Å². The summed E-state index contributed by atoms with van der Waals surface area (Å²) < 4.78 is 0. The van der Waals surface area contributed by atoms with Crippen LogP contribution in [0.4, 0.5) is 0 Å². The molecule has 0 bridgehead atoms. The number of aromatic amines is 1. The summed E-state index contributed by atoms with van der Waals surface area (Å²) in [5, 5.41) is 18.3. The van der Waals surface area contributed by atoms with Crippen molar-refractivity contribution in [3.05, 3.63) is 106 Å². The summed E-state index contributed by atoms with van der Waals surface area (Å²) in [5.41, 5.74) is 5.02. The minimum Gasteiger partial charge on any atom is -0.361 e. The van der Waals surface area contributed by atoms with E-state index in [0.717, 1.165) is 27.6 Å². The number of carbonyl (C=O) groups excluding carboxylic acids is 1. The van der Waals surface area contributed by atoms with Gasteiger partial charge in [0, 0.05) is 33.2 Å². The third-order valence-electron chi connectivity index (χ3n) is 4.83. The Morgan fingerprint density at radius 2 is 1.90 bits per heavy atom. The number of benzene rings is 3. The van der Waals surface area contributed by atoms with Crippen LogP contribution in [-0.2, 0) is 13.0 Å². The van der Waals surface area contributed by atoms with E-state index >= 15 is 0 Å². The molecule has 150 valence electrons. The van der Waals surface area contributed by atoms with Crippen molar-refractivity contribution in [1.29, 1.82) is 5.26 Å². The Labute approximate surface area is 183 Å². The minimum absolute atomic E-state index is 0.290. The molecule has 0 saturated heterocycles. The van der Waals surface area contributed by atoms with E-state index in [2.05, 4.69) is 26.2 Å². The van der Waals surface area contributed by atoms with Gasteiger partial charge in [0.05, 0.1) is 11.6 Å². The van der Waals surface area contributed by atoms with E-state index in [1.807, 2.05) is 54.7 Å². The van der Waals surface area contributed by atoms with E-state index in [4.69, 9.17) is 16.9 Å². The molecule has 3 aromatic carbocycles. The SMILES string of the molecule is N#Cc1cccc(Cc2ccc(C(=O)N=[N+]=NCc3c[nH]c4ccc(Cl)cc34)cc2)c1. The van der Waals surface area contributed by atoms with Crippen LogP contribution in [0.1, 0.15) is 32.6 Å². The maximum atomic E-state index is 12.2. The molecule has 0 fully saturated rings. The molecular weight excluding hydrogens is 410 g/mol. The zero-order valence-corrected chi connectivity index (χ0v) is 17.2. The first kappa shape index (κ1) is 20.2. The van der Waals surface area contributed by atoms with Crippen LogP contribution >= 0.6 is 11.6 Å². The second kappa shape index (κ2) is 9.19. The average Bonchev–Trinajstić information content (AvgIpc) is 3.19. The third-order valence-corrected chi connectivity index (χ3v) is 5.07. The molecule has 0 radical (unpaired) electrons. The van der Waals surface area contributed by atoms with Crippen molar-refractivity contribution in [2.45, 2.75) is 13.0 Å². The second-order valence-corrected chi connectivity index (χ2v) is 7.42. The van der Waals surface area contributed by atoms with Gasteiger partial charge in [0.2, 0.25) is 10.0 Å². The summed E-state index contributed by atoms with van der Waals surface area (Å²) >= 11 is 6.04.